The SMILES string of the molecule is O=c1cc(C2CCC2)[nH]n1CC1CCCN1. The van der Waals surface area contributed by atoms with Gasteiger partial charge in [-0.15, -0.1) is 0 Å². The Hall–Kier alpha value is -1.03. The van der Waals surface area contributed by atoms with Crippen LogP contribution in [0.15, 0.2) is 10.9 Å². The number of H-pyrrole nitrogens is 1. The Morgan fingerprint density at radius 1 is 1.31 bits per heavy atom. The third-order valence-corrected chi connectivity index (χ3v) is 3.92. The van der Waals surface area contributed by atoms with Crippen LogP contribution >= 0.6 is 0 Å². The van der Waals surface area contributed by atoms with E-state index in [1.54, 1.807) is 10.7 Å². The second-order valence-electron chi connectivity index (χ2n) is 5.08. The Bertz CT molecular complexity index is 410. The molecule has 1 saturated carbocycles. The van der Waals surface area contributed by atoms with Gasteiger partial charge in [0.15, 0.2) is 0 Å². The third kappa shape index (κ3) is 1.82. The summed E-state index contributed by atoms with van der Waals surface area (Å²) in [5.41, 5.74) is 1.28. The summed E-state index contributed by atoms with van der Waals surface area (Å²) in [6.45, 7) is 1.89. The zero-order chi connectivity index (χ0) is 11.0. The molecule has 2 heterocycles. The normalized spacial score (nSPS) is 25.9. The van der Waals surface area contributed by atoms with Gasteiger partial charge in [-0.3, -0.25) is 14.6 Å². The van der Waals surface area contributed by atoms with Gasteiger partial charge in [-0.1, -0.05) is 6.42 Å². The van der Waals surface area contributed by atoms with E-state index in [1.807, 2.05) is 0 Å². The van der Waals surface area contributed by atoms with Gasteiger partial charge in [-0.2, -0.15) is 0 Å². The Morgan fingerprint density at radius 2 is 2.19 bits per heavy atom. The van der Waals surface area contributed by atoms with E-state index >= 15 is 0 Å². The molecule has 0 radical (unpaired) electrons. The highest BCUT2D eigenvalue weighted by molar-refractivity contribution is 5.09. The molecule has 0 aromatic carbocycles. The number of nitrogens with one attached hydrogen (secondary N) is 2. The molecule has 1 aliphatic carbocycles. The predicted molar refractivity (Wildman–Crippen MR) is 62.7 cm³/mol. The van der Waals surface area contributed by atoms with E-state index in [4.69, 9.17) is 0 Å². The van der Waals surface area contributed by atoms with Crippen molar-refractivity contribution in [1.82, 2.24) is 15.1 Å². The lowest BCUT2D eigenvalue weighted by Crippen LogP contribution is -2.31. The molecule has 16 heavy (non-hydrogen) atoms. The van der Waals surface area contributed by atoms with Crippen molar-refractivity contribution in [3.05, 3.63) is 22.1 Å². The lowest BCUT2D eigenvalue weighted by atomic mass is 9.83. The Morgan fingerprint density at radius 3 is 2.81 bits per heavy atom. The van der Waals surface area contributed by atoms with Crippen molar-refractivity contribution in [2.24, 2.45) is 0 Å². The minimum absolute atomic E-state index is 0.135. The quantitative estimate of drug-likeness (QED) is 0.805. The van der Waals surface area contributed by atoms with Gasteiger partial charge >= 0.3 is 0 Å². The summed E-state index contributed by atoms with van der Waals surface area (Å²) in [5, 5.41) is 6.69. The van der Waals surface area contributed by atoms with Gasteiger partial charge in [-0.25, -0.2) is 0 Å². The zero-order valence-corrected chi connectivity index (χ0v) is 9.54. The second-order valence-corrected chi connectivity index (χ2v) is 5.08. The molecule has 1 aromatic rings. The number of hydrogen-bond donors (Lipinski definition) is 2. The van der Waals surface area contributed by atoms with Crippen molar-refractivity contribution in [3.8, 4) is 0 Å². The predicted octanol–water partition coefficient (Wildman–Crippen LogP) is 1.20. The van der Waals surface area contributed by atoms with Gasteiger partial charge in [0.25, 0.3) is 5.56 Å². The average molecular weight is 221 g/mol. The molecule has 88 valence electrons. The highest BCUT2D eigenvalue weighted by Crippen LogP contribution is 2.34. The molecular formula is C12H19N3O. The van der Waals surface area contributed by atoms with Gasteiger partial charge in [0.1, 0.15) is 0 Å². The maximum absolute atomic E-state index is 11.8. The fourth-order valence-electron chi connectivity index (χ4n) is 2.65. The molecule has 1 unspecified atom stereocenters. The Labute approximate surface area is 95.0 Å². The van der Waals surface area contributed by atoms with Crippen LogP contribution in [-0.2, 0) is 6.54 Å². The number of hydrogen-bond acceptors (Lipinski definition) is 2. The largest absolute Gasteiger partial charge is 0.312 e. The van der Waals surface area contributed by atoms with E-state index in [1.165, 1.54) is 32.1 Å². The third-order valence-electron chi connectivity index (χ3n) is 3.92. The summed E-state index contributed by atoms with van der Waals surface area (Å²) in [4.78, 5) is 11.8. The first kappa shape index (κ1) is 10.1. The van der Waals surface area contributed by atoms with Crippen LogP contribution in [0.25, 0.3) is 0 Å². The van der Waals surface area contributed by atoms with Crippen molar-refractivity contribution in [2.75, 3.05) is 6.54 Å². The molecule has 2 N–H and O–H groups in total. The molecule has 2 aliphatic rings. The molecule has 2 fully saturated rings. The molecule has 1 saturated heterocycles. The van der Waals surface area contributed by atoms with Crippen LogP contribution in [0, 0.1) is 0 Å². The molecule has 4 heteroatoms. The molecule has 1 aromatic heterocycles. The molecule has 0 bridgehead atoms. The second kappa shape index (κ2) is 4.09. The van der Waals surface area contributed by atoms with Crippen LogP contribution in [0.4, 0.5) is 0 Å². The first-order valence-corrected chi connectivity index (χ1v) is 6.36. The van der Waals surface area contributed by atoms with Crippen molar-refractivity contribution in [2.45, 2.75) is 50.6 Å². The van der Waals surface area contributed by atoms with Gasteiger partial charge in [-0.05, 0) is 32.2 Å². The maximum Gasteiger partial charge on any atom is 0.266 e. The number of aromatic amines is 1. The van der Waals surface area contributed by atoms with Crippen LogP contribution in [0.1, 0.15) is 43.7 Å². The lowest BCUT2D eigenvalue weighted by Gasteiger charge is -2.23. The summed E-state index contributed by atoms with van der Waals surface area (Å²) >= 11 is 0. The maximum atomic E-state index is 11.8. The van der Waals surface area contributed by atoms with Crippen LogP contribution in [0.2, 0.25) is 0 Å². The topological polar surface area (TPSA) is 49.8 Å². The van der Waals surface area contributed by atoms with Crippen molar-refractivity contribution >= 4 is 0 Å². The monoisotopic (exact) mass is 221 g/mol. The van der Waals surface area contributed by atoms with E-state index in [0.29, 0.717) is 12.0 Å². The Balaban J connectivity index is 1.73. The molecule has 0 spiro atoms. The van der Waals surface area contributed by atoms with Crippen LogP contribution in [0.5, 0.6) is 0 Å². The van der Waals surface area contributed by atoms with E-state index in [0.717, 1.165) is 18.8 Å². The lowest BCUT2D eigenvalue weighted by molar-refractivity contribution is 0.399. The van der Waals surface area contributed by atoms with Crippen molar-refractivity contribution < 1.29 is 0 Å². The number of nitrogens with zero attached hydrogens (tertiary/aromatic N) is 1. The van der Waals surface area contributed by atoms with E-state index in [2.05, 4.69) is 10.4 Å². The van der Waals surface area contributed by atoms with Crippen LogP contribution < -0.4 is 10.9 Å². The van der Waals surface area contributed by atoms with Crippen molar-refractivity contribution in [1.29, 1.82) is 0 Å². The molecular weight excluding hydrogens is 202 g/mol. The van der Waals surface area contributed by atoms with E-state index in [-0.39, 0.29) is 5.56 Å². The first-order chi connectivity index (χ1) is 7.83. The first-order valence-electron chi connectivity index (χ1n) is 6.36. The highest BCUT2D eigenvalue weighted by atomic mass is 16.1. The van der Waals surface area contributed by atoms with Gasteiger partial charge in [0, 0.05) is 23.7 Å². The van der Waals surface area contributed by atoms with Gasteiger partial charge in [0.05, 0.1) is 6.54 Å². The zero-order valence-electron chi connectivity index (χ0n) is 9.54. The summed E-state index contributed by atoms with van der Waals surface area (Å²) in [6.07, 6.45) is 6.20. The number of rotatable bonds is 3. The molecule has 0 amide bonds. The summed E-state index contributed by atoms with van der Waals surface area (Å²) in [6, 6.07) is 2.27. The van der Waals surface area contributed by atoms with Crippen molar-refractivity contribution in [3.63, 3.8) is 0 Å². The molecule has 4 nitrogen and oxygen atoms in total. The minimum atomic E-state index is 0.135. The average Bonchev–Trinajstić information content (AvgIpc) is 2.76. The van der Waals surface area contributed by atoms with Gasteiger partial charge in [0.2, 0.25) is 0 Å². The smallest absolute Gasteiger partial charge is 0.266 e. The van der Waals surface area contributed by atoms with Crippen LogP contribution in [-0.4, -0.2) is 22.4 Å². The van der Waals surface area contributed by atoms with E-state index in [9.17, 15) is 4.79 Å². The summed E-state index contributed by atoms with van der Waals surface area (Å²) < 4.78 is 1.77. The van der Waals surface area contributed by atoms with Crippen LogP contribution in [0.3, 0.4) is 0 Å². The standard InChI is InChI=1S/C12H19N3O/c16-12-7-11(9-3-1-4-9)14-15(12)8-10-5-2-6-13-10/h7,9-10,13-14H,1-6,8H2. The van der Waals surface area contributed by atoms with Gasteiger partial charge < -0.3 is 5.32 Å². The summed E-state index contributed by atoms with van der Waals surface area (Å²) in [7, 11) is 0. The Kier molecular flexibility index (Phi) is 2.59. The molecule has 1 aliphatic heterocycles. The molecule has 1 atom stereocenters. The molecule has 3 rings (SSSR count). The summed E-state index contributed by atoms with van der Waals surface area (Å²) in [5.74, 6) is 0.616. The highest BCUT2D eigenvalue weighted by Gasteiger charge is 2.23. The fraction of sp³-hybridized carbons (Fsp3) is 0.750. The van der Waals surface area contributed by atoms with E-state index < -0.39 is 0 Å². The minimum Gasteiger partial charge on any atom is -0.312 e. The number of aromatic nitrogens is 2. The fourth-order valence-corrected chi connectivity index (χ4v) is 2.65.